The average molecular weight is 242 g/mol. The van der Waals surface area contributed by atoms with Crippen LogP contribution in [0.4, 0.5) is 13.2 Å². The predicted molar refractivity (Wildman–Crippen MR) is 47.1 cm³/mol. The van der Waals surface area contributed by atoms with E-state index < -0.39 is 30.1 Å². The van der Waals surface area contributed by atoms with Crippen LogP contribution in [0.5, 0.6) is 0 Å². The quantitative estimate of drug-likeness (QED) is 0.681. The second-order valence-electron chi connectivity index (χ2n) is 3.87. The molecular formula is C8H13F3N2O3. The largest absolute Gasteiger partial charge is 0.414 e. The summed E-state index contributed by atoms with van der Waals surface area (Å²) in [5.74, 6) is -0.707. The molecule has 5 nitrogen and oxygen atoms in total. The maximum absolute atomic E-state index is 11.7. The molecule has 1 aliphatic heterocycles. The normalized spacial score (nSPS) is 30.4. The number of amides is 1. The Labute approximate surface area is 90.0 Å². The number of carbonyl (C=O) groups is 1. The molecule has 0 aliphatic carbocycles. The molecule has 2 atom stereocenters. The number of ether oxygens (including phenoxy) is 1. The summed E-state index contributed by atoms with van der Waals surface area (Å²) in [4.78, 5) is 15.6. The first kappa shape index (κ1) is 13.2. The van der Waals surface area contributed by atoms with Gasteiger partial charge in [0, 0.05) is 6.04 Å². The summed E-state index contributed by atoms with van der Waals surface area (Å²) in [6.45, 7) is 0.237. The van der Waals surface area contributed by atoms with Gasteiger partial charge >= 0.3 is 6.18 Å². The molecule has 8 heteroatoms. The molecular weight excluding hydrogens is 229 g/mol. The SMILES string of the molecule is CC1(C(=O)NOCC(F)(F)F)COCC1N. The smallest absolute Gasteiger partial charge is 0.379 e. The van der Waals surface area contributed by atoms with Crippen molar-refractivity contribution < 1.29 is 27.5 Å². The highest BCUT2D eigenvalue weighted by atomic mass is 19.4. The summed E-state index contributed by atoms with van der Waals surface area (Å²) >= 11 is 0. The van der Waals surface area contributed by atoms with E-state index >= 15 is 0 Å². The minimum absolute atomic E-state index is 0.0649. The summed E-state index contributed by atoms with van der Waals surface area (Å²) in [7, 11) is 0. The van der Waals surface area contributed by atoms with Gasteiger partial charge in [0.15, 0.2) is 6.61 Å². The molecule has 2 unspecified atom stereocenters. The van der Waals surface area contributed by atoms with E-state index in [-0.39, 0.29) is 13.2 Å². The number of hydroxylamine groups is 1. The molecule has 0 saturated carbocycles. The fraction of sp³-hybridized carbons (Fsp3) is 0.875. The van der Waals surface area contributed by atoms with Crippen LogP contribution in [0.15, 0.2) is 0 Å². The number of hydrogen-bond donors (Lipinski definition) is 2. The van der Waals surface area contributed by atoms with E-state index in [0.717, 1.165) is 0 Å². The zero-order valence-corrected chi connectivity index (χ0v) is 8.63. The summed E-state index contributed by atoms with van der Waals surface area (Å²) in [5.41, 5.74) is 6.29. The van der Waals surface area contributed by atoms with E-state index in [1.54, 1.807) is 5.48 Å². The third-order valence-electron chi connectivity index (χ3n) is 2.44. The fourth-order valence-corrected chi connectivity index (χ4v) is 1.22. The van der Waals surface area contributed by atoms with Crippen molar-refractivity contribution in [2.24, 2.45) is 11.1 Å². The third-order valence-corrected chi connectivity index (χ3v) is 2.44. The molecule has 0 radical (unpaired) electrons. The number of nitrogens with one attached hydrogen (secondary N) is 1. The van der Waals surface area contributed by atoms with Gasteiger partial charge in [0.1, 0.15) is 0 Å². The Morgan fingerprint density at radius 3 is 2.75 bits per heavy atom. The fourth-order valence-electron chi connectivity index (χ4n) is 1.22. The van der Waals surface area contributed by atoms with E-state index in [1.807, 2.05) is 0 Å². The molecule has 0 aromatic heterocycles. The molecule has 1 aliphatic rings. The zero-order valence-electron chi connectivity index (χ0n) is 8.63. The van der Waals surface area contributed by atoms with E-state index in [0.29, 0.717) is 0 Å². The van der Waals surface area contributed by atoms with E-state index in [9.17, 15) is 18.0 Å². The summed E-state index contributed by atoms with van der Waals surface area (Å²) in [6, 6.07) is -0.554. The molecule has 0 bridgehead atoms. The number of hydrogen-bond acceptors (Lipinski definition) is 4. The van der Waals surface area contributed by atoms with Gasteiger partial charge in [0.25, 0.3) is 5.91 Å². The molecule has 1 rings (SSSR count). The van der Waals surface area contributed by atoms with Crippen molar-refractivity contribution >= 4 is 5.91 Å². The molecule has 0 aromatic carbocycles. The Hall–Kier alpha value is -0.860. The van der Waals surface area contributed by atoms with Crippen molar-refractivity contribution in [3.8, 4) is 0 Å². The van der Waals surface area contributed by atoms with Gasteiger partial charge in [0.05, 0.1) is 18.6 Å². The Bertz CT molecular complexity index is 272. The molecule has 0 aromatic rings. The maximum Gasteiger partial charge on any atom is 0.414 e. The average Bonchev–Trinajstić information content (AvgIpc) is 2.46. The van der Waals surface area contributed by atoms with Crippen LogP contribution in [-0.4, -0.2) is 37.9 Å². The van der Waals surface area contributed by atoms with Crippen LogP contribution in [0.2, 0.25) is 0 Å². The van der Waals surface area contributed by atoms with Crippen molar-refractivity contribution in [3.05, 3.63) is 0 Å². The first-order valence-electron chi connectivity index (χ1n) is 4.58. The summed E-state index contributed by atoms with van der Waals surface area (Å²) < 4.78 is 40.2. The van der Waals surface area contributed by atoms with Crippen molar-refractivity contribution in [1.29, 1.82) is 0 Å². The maximum atomic E-state index is 11.7. The van der Waals surface area contributed by atoms with Crippen LogP contribution in [0.1, 0.15) is 6.92 Å². The lowest BCUT2D eigenvalue weighted by molar-refractivity contribution is -0.194. The van der Waals surface area contributed by atoms with Crippen molar-refractivity contribution in [3.63, 3.8) is 0 Å². The van der Waals surface area contributed by atoms with Gasteiger partial charge in [-0.25, -0.2) is 5.48 Å². The molecule has 0 spiro atoms. The van der Waals surface area contributed by atoms with Gasteiger partial charge in [-0.05, 0) is 6.92 Å². The van der Waals surface area contributed by atoms with Gasteiger partial charge in [-0.1, -0.05) is 0 Å². The van der Waals surface area contributed by atoms with Crippen molar-refractivity contribution in [1.82, 2.24) is 5.48 Å². The van der Waals surface area contributed by atoms with E-state index in [1.165, 1.54) is 6.92 Å². The van der Waals surface area contributed by atoms with Crippen LogP contribution >= 0.6 is 0 Å². The molecule has 1 fully saturated rings. The van der Waals surface area contributed by atoms with Gasteiger partial charge in [0.2, 0.25) is 0 Å². The molecule has 16 heavy (non-hydrogen) atoms. The lowest BCUT2D eigenvalue weighted by Gasteiger charge is -2.24. The molecule has 1 amide bonds. The Morgan fingerprint density at radius 1 is 1.69 bits per heavy atom. The zero-order chi connectivity index (χ0) is 12.4. The third kappa shape index (κ3) is 3.06. The van der Waals surface area contributed by atoms with Gasteiger partial charge in [-0.3, -0.25) is 9.63 Å². The molecule has 3 N–H and O–H groups in total. The van der Waals surface area contributed by atoms with E-state index in [2.05, 4.69) is 4.84 Å². The van der Waals surface area contributed by atoms with Crippen LogP contribution in [0.3, 0.4) is 0 Å². The minimum Gasteiger partial charge on any atom is -0.379 e. The Kier molecular flexibility index (Phi) is 3.76. The number of alkyl halides is 3. The topological polar surface area (TPSA) is 73.6 Å². The van der Waals surface area contributed by atoms with Crippen LogP contribution in [-0.2, 0) is 14.4 Å². The number of nitrogens with two attached hydrogens (primary N) is 1. The van der Waals surface area contributed by atoms with Crippen molar-refractivity contribution in [2.45, 2.75) is 19.1 Å². The highest BCUT2D eigenvalue weighted by molar-refractivity contribution is 5.82. The van der Waals surface area contributed by atoms with Gasteiger partial charge < -0.3 is 10.5 Å². The molecule has 94 valence electrons. The second kappa shape index (κ2) is 4.56. The minimum atomic E-state index is -4.48. The summed E-state index contributed by atoms with van der Waals surface area (Å²) in [5, 5.41) is 0. The molecule has 1 saturated heterocycles. The highest BCUT2D eigenvalue weighted by Gasteiger charge is 2.44. The summed E-state index contributed by atoms with van der Waals surface area (Å²) in [6.07, 6.45) is -4.48. The predicted octanol–water partition coefficient (Wildman–Crippen LogP) is -0.0397. The lowest BCUT2D eigenvalue weighted by Crippen LogP contribution is -2.50. The monoisotopic (exact) mass is 242 g/mol. The first-order valence-corrected chi connectivity index (χ1v) is 4.58. The number of halogens is 3. The lowest BCUT2D eigenvalue weighted by atomic mass is 9.85. The number of carbonyl (C=O) groups excluding carboxylic acids is 1. The van der Waals surface area contributed by atoms with Gasteiger partial charge in [-0.15, -0.1) is 0 Å². The standard InChI is InChI=1S/C8H13F3N2O3/c1-7(3-15-2-5(7)12)6(14)13-16-4-8(9,10)11/h5H,2-4,12H2,1H3,(H,13,14). The Morgan fingerprint density at radius 2 is 2.31 bits per heavy atom. The highest BCUT2D eigenvalue weighted by Crippen LogP contribution is 2.27. The first-order chi connectivity index (χ1) is 7.26. The van der Waals surface area contributed by atoms with Crippen LogP contribution in [0, 0.1) is 5.41 Å². The second-order valence-corrected chi connectivity index (χ2v) is 3.87. The van der Waals surface area contributed by atoms with Crippen LogP contribution < -0.4 is 11.2 Å². The van der Waals surface area contributed by atoms with E-state index in [4.69, 9.17) is 10.5 Å². The number of rotatable bonds is 3. The molecule has 1 heterocycles. The Balaban J connectivity index is 2.41. The van der Waals surface area contributed by atoms with Gasteiger partial charge in [-0.2, -0.15) is 13.2 Å². The van der Waals surface area contributed by atoms with Crippen LogP contribution in [0.25, 0.3) is 0 Å². The van der Waals surface area contributed by atoms with Crippen molar-refractivity contribution in [2.75, 3.05) is 19.8 Å².